The number of hydrogen-bond donors (Lipinski definition) is 1. The van der Waals surface area contributed by atoms with Crippen molar-refractivity contribution >= 4 is 5.91 Å². The van der Waals surface area contributed by atoms with Crippen molar-refractivity contribution in [1.82, 2.24) is 5.32 Å². The van der Waals surface area contributed by atoms with Crippen LogP contribution in [-0.2, 0) is 17.6 Å². The first-order valence-corrected chi connectivity index (χ1v) is 5.25. The summed E-state index contributed by atoms with van der Waals surface area (Å²) in [5.41, 5.74) is 2.09. The Morgan fingerprint density at radius 1 is 1.25 bits per heavy atom. The van der Waals surface area contributed by atoms with Crippen molar-refractivity contribution in [3.8, 4) is 11.5 Å². The lowest BCUT2D eigenvalue weighted by atomic mass is 10.0. The Balaban J connectivity index is 2.49. The van der Waals surface area contributed by atoms with Gasteiger partial charge in [0.05, 0.1) is 20.6 Å². The quantitative estimate of drug-likeness (QED) is 0.807. The topological polar surface area (TPSA) is 47.6 Å². The summed E-state index contributed by atoms with van der Waals surface area (Å²) in [6.07, 6.45) is 1.19. The van der Waals surface area contributed by atoms with Crippen LogP contribution in [0, 0.1) is 0 Å². The summed E-state index contributed by atoms with van der Waals surface area (Å²) in [6.45, 7) is 0.669. The number of amides is 1. The van der Waals surface area contributed by atoms with Crippen LogP contribution in [0.5, 0.6) is 11.5 Å². The summed E-state index contributed by atoms with van der Waals surface area (Å²) < 4.78 is 10.5. The molecule has 1 aromatic rings. The van der Waals surface area contributed by atoms with Gasteiger partial charge in [-0.2, -0.15) is 0 Å². The van der Waals surface area contributed by atoms with Gasteiger partial charge in [0.25, 0.3) is 0 Å². The van der Waals surface area contributed by atoms with Crippen LogP contribution in [0.3, 0.4) is 0 Å². The van der Waals surface area contributed by atoms with E-state index in [9.17, 15) is 4.79 Å². The van der Waals surface area contributed by atoms with Crippen LogP contribution in [0.25, 0.3) is 0 Å². The summed E-state index contributed by atoms with van der Waals surface area (Å²) >= 11 is 0. The molecule has 0 saturated heterocycles. The molecule has 0 unspecified atom stereocenters. The van der Waals surface area contributed by atoms with Crippen LogP contribution >= 0.6 is 0 Å². The lowest BCUT2D eigenvalue weighted by Gasteiger charge is -2.12. The minimum Gasteiger partial charge on any atom is -0.497 e. The number of ether oxygens (including phenoxy) is 2. The average molecular weight is 221 g/mol. The molecular weight excluding hydrogens is 206 g/mol. The molecule has 4 heteroatoms. The van der Waals surface area contributed by atoms with Crippen molar-refractivity contribution in [1.29, 1.82) is 0 Å². The first kappa shape index (κ1) is 10.8. The van der Waals surface area contributed by atoms with Crippen LogP contribution in [0.15, 0.2) is 12.1 Å². The number of benzene rings is 1. The molecule has 1 aromatic carbocycles. The zero-order chi connectivity index (χ0) is 11.5. The highest BCUT2D eigenvalue weighted by Gasteiger charge is 2.18. The van der Waals surface area contributed by atoms with Crippen molar-refractivity contribution in [3.63, 3.8) is 0 Å². The zero-order valence-corrected chi connectivity index (χ0v) is 9.50. The van der Waals surface area contributed by atoms with Crippen LogP contribution in [-0.4, -0.2) is 26.7 Å². The summed E-state index contributed by atoms with van der Waals surface area (Å²) in [5.74, 6) is 1.54. The number of carbonyl (C=O) groups excluding carboxylic acids is 1. The fourth-order valence-electron chi connectivity index (χ4n) is 1.96. The Bertz CT molecular complexity index is 415. The summed E-state index contributed by atoms with van der Waals surface area (Å²) in [7, 11) is 3.24. The predicted octanol–water partition coefficient (Wildman–Crippen LogP) is 0.919. The molecule has 0 saturated carbocycles. The molecule has 0 fully saturated rings. The fraction of sp³-hybridized carbons (Fsp3) is 0.417. The first-order chi connectivity index (χ1) is 7.74. The lowest BCUT2D eigenvalue weighted by Crippen LogP contribution is -2.24. The molecule has 1 aliphatic rings. The van der Waals surface area contributed by atoms with E-state index < -0.39 is 0 Å². The van der Waals surface area contributed by atoms with E-state index in [1.54, 1.807) is 14.2 Å². The van der Waals surface area contributed by atoms with E-state index in [-0.39, 0.29) is 5.91 Å². The molecular formula is C12H15NO3. The Morgan fingerprint density at radius 2 is 2.06 bits per heavy atom. The minimum atomic E-state index is 0.0437. The van der Waals surface area contributed by atoms with E-state index in [1.165, 1.54) is 0 Å². The van der Waals surface area contributed by atoms with E-state index in [2.05, 4.69) is 5.32 Å². The highest BCUT2D eigenvalue weighted by Crippen LogP contribution is 2.30. The molecule has 1 aliphatic heterocycles. The van der Waals surface area contributed by atoms with E-state index in [1.807, 2.05) is 12.1 Å². The molecule has 1 heterocycles. The van der Waals surface area contributed by atoms with Crippen molar-refractivity contribution in [2.45, 2.75) is 12.8 Å². The van der Waals surface area contributed by atoms with E-state index in [0.29, 0.717) is 13.0 Å². The Labute approximate surface area is 94.6 Å². The second-order valence-electron chi connectivity index (χ2n) is 3.74. The highest BCUT2D eigenvalue weighted by atomic mass is 16.5. The predicted molar refractivity (Wildman–Crippen MR) is 60.0 cm³/mol. The van der Waals surface area contributed by atoms with Crippen molar-refractivity contribution in [2.24, 2.45) is 0 Å². The second kappa shape index (κ2) is 4.43. The molecule has 0 aliphatic carbocycles. The molecule has 0 atom stereocenters. The van der Waals surface area contributed by atoms with Gasteiger partial charge in [-0.05, 0) is 18.1 Å². The first-order valence-electron chi connectivity index (χ1n) is 5.25. The van der Waals surface area contributed by atoms with Gasteiger partial charge in [0.15, 0.2) is 0 Å². The zero-order valence-electron chi connectivity index (χ0n) is 9.50. The summed E-state index contributed by atoms with van der Waals surface area (Å²) in [6, 6.07) is 3.79. The van der Waals surface area contributed by atoms with Crippen LogP contribution < -0.4 is 14.8 Å². The third-order valence-electron chi connectivity index (χ3n) is 2.78. The molecule has 0 radical (unpaired) electrons. The van der Waals surface area contributed by atoms with E-state index >= 15 is 0 Å². The van der Waals surface area contributed by atoms with Gasteiger partial charge in [0.1, 0.15) is 11.5 Å². The number of nitrogens with one attached hydrogen (secondary N) is 1. The second-order valence-corrected chi connectivity index (χ2v) is 3.74. The Kier molecular flexibility index (Phi) is 2.99. The Morgan fingerprint density at radius 3 is 2.75 bits per heavy atom. The minimum absolute atomic E-state index is 0.0437. The lowest BCUT2D eigenvalue weighted by molar-refractivity contribution is -0.120. The van der Waals surface area contributed by atoms with Gasteiger partial charge in [-0.1, -0.05) is 0 Å². The molecule has 4 nitrogen and oxygen atoms in total. The maximum atomic E-state index is 11.5. The number of fused-ring (bicyclic) bond motifs is 1. The SMILES string of the molecule is COc1cc2c(c(OC)c1)CC(=O)NCC2. The van der Waals surface area contributed by atoms with Crippen LogP contribution in [0.1, 0.15) is 11.1 Å². The molecule has 86 valence electrons. The van der Waals surface area contributed by atoms with Gasteiger partial charge in [0, 0.05) is 18.2 Å². The standard InChI is InChI=1S/C12H15NO3/c1-15-9-5-8-3-4-13-12(14)7-10(8)11(6-9)16-2/h5-6H,3-4,7H2,1-2H3,(H,13,14). The van der Waals surface area contributed by atoms with Gasteiger partial charge in [-0.15, -0.1) is 0 Å². The third kappa shape index (κ3) is 1.96. The molecule has 0 spiro atoms. The van der Waals surface area contributed by atoms with Gasteiger partial charge in [-0.25, -0.2) is 0 Å². The number of carbonyl (C=O) groups is 1. The third-order valence-corrected chi connectivity index (χ3v) is 2.78. The fourth-order valence-corrected chi connectivity index (χ4v) is 1.96. The van der Waals surface area contributed by atoms with Crippen molar-refractivity contribution in [3.05, 3.63) is 23.3 Å². The summed E-state index contributed by atoms with van der Waals surface area (Å²) in [4.78, 5) is 11.5. The Hall–Kier alpha value is -1.71. The number of methoxy groups -OCH3 is 2. The monoisotopic (exact) mass is 221 g/mol. The van der Waals surface area contributed by atoms with Gasteiger partial charge < -0.3 is 14.8 Å². The molecule has 1 amide bonds. The van der Waals surface area contributed by atoms with Gasteiger partial charge in [-0.3, -0.25) is 4.79 Å². The van der Waals surface area contributed by atoms with Crippen molar-refractivity contribution in [2.75, 3.05) is 20.8 Å². The van der Waals surface area contributed by atoms with Gasteiger partial charge in [0.2, 0.25) is 5.91 Å². The van der Waals surface area contributed by atoms with Crippen molar-refractivity contribution < 1.29 is 14.3 Å². The van der Waals surface area contributed by atoms with E-state index in [0.717, 1.165) is 29.0 Å². The number of hydrogen-bond acceptors (Lipinski definition) is 3. The molecule has 0 bridgehead atoms. The maximum absolute atomic E-state index is 11.5. The average Bonchev–Trinajstić information content (AvgIpc) is 2.48. The molecule has 1 N–H and O–H groups in total. The normalized spacial score (nSPS) is 14.8. The maximum Gasteiger partial charge on any atom is 0.224 e. The molecule has 0 aromatic heterocycles. The largest absolute Gasteiger partial charge is 0.497 e. The summed E-state index contributed by atoms with van der Waals surface area (Å²) in [5, 5.41) is 2.84. The van der Waals surface area contributed by atoms with Crippen LogP contribution in [0.4, 0.5) is 0 Å². The van der Waals surface area contributed by atoms with E-state index in [4.69, 9.17) is 9.47 Å². The molecule has 2 rings (SSSR count). The smallest absolute Gasteiger partial charge is 0.224 e. The van der Waals surface area contributed by atoms with Crippen LogP contribution in [0.2, 0.25) is 0 Å². The number of rotatable bonds is 2. The van der Waals surface area contributed by atoms with Gasteiger partial charge >= 0.3 is 0 Å². The highest BCUT2D eigenvalue weighted by molar-refractivity contribution is 5.80. The molecule has 16 heavy (non-hydrogen) atoms.